The van der Waals surface area contributed by atoms with E-state index in [0.29, 0.717) is 17.6 Å². The van der Waals surface area contributed by atoms with E-state index < -0.39 is 12.0 Å². The van der Waals surface area contributed by atoms with E-state index >= 15 is 0 Å². The Bertz CT molecular complexity index is 550. The molecule has 0 spiro atoms. The third-order valence-corrected chi connectivity index (χ3v) is 4.01. The average Bonchev–Trinajstić information content (AvgIpc) is 2.81. The molecule has 2 atom stereocenters. The summed E-state index contributed by atoms with van der Waals surface area (Å²) in [5.41, 5.74) is 0.302. The van der Waals surface area contributed by atoms with Gasteiger partial charge in [-0.3, -0.25) is 0 Å². The smallest absolute Gasteiger partial charge is 0.337 e. The minimum Gasteiger partial charge on any atom is -0.478 e. The molecule has 0 radical (unpaired) electrons. The molecule has 2 unspecified atom stereocenters. The molecule has 21 heavy (non-hydrogen) atoms. The maximum atomic E-state index is 11.9. The molecular weight excluding hydrogens is 340 g/mol. The van der Waals surface area contributed by atoms with Crippen molar-refractivity contribution in [1.29, 1.82) is 0 Å². The van der Waals surface area contributed by atoms with E-state index in [-0.39, 0.29) is 23.3 Å². The van der Waals surface area contributed by atoms with Crippen LogP contribution in [-0.2, 0) is 4.74 Å². The summed E-state index contributed by atoms with van der Waals surface area (Å²) < 4.78 is 6.12. The first-order chi connectivity index (χ1) is 9.97. The molecular formula is C14H17BrN2O4. The molecule has 1 saturated heterocycles. The molecule has 1 aliphatic heterocycles. The van der Waals surface area contributed by atoms with Gasteiger partial charge in [-0.25, -0.2) is 9.59 Å². The van der Waals surface area contributed by atoms with Gasteiger partial charge in [-0.2, -0.15) is 0 Å². The monoisotopic (exact) mass is 356 g/mol. The van der Waals surface area contributed by atoms with Crippen molar-refractivity contribution in [3.63, 3.8) is 0 Å². The van der Waals surface area contributed by atoms with Gasteiger partial charge in [0.1, 0.15) is 0 Å². The van der Waals surface area contributed by atoms with E-state index in [4.69, 9.17) is 9.84 Å². The summed E-state index contributed by atoms with van der Waals surface area (Å²) in [5.74, 6) is -0.798. The third-order valence-electron chi connectivity index (χ3n) is 3.52. The van der Waals surface area contributed by atoms with Crippen molar-refractivity contribution >= 4 is 33.6 Å². The molecule has 114 valence electrons. The van der Waals surface area contributed by atoms with Gasteiger partial charge in [0, 0.05) is 23.5 Å². The molecule has 0 aromatic heterocycles. The van der Waals surface area contributed by atoms with Crippen LogP contribution in [0.3, 0.4) is 0 Å². The number of hydrogen-bond acceptors (Lipinski definition) is 3. The number of anilines is 1. The Labute approximate surface area is 131 Å². The number of nitrogens with one attached hydrogen (secondary N) is 2. The predicted octanol–water partition coefficient (Wildman–Crippen LogP) is 2.69. The fourth-order valence-electron chi connectivity index (χ4n) is 2.24. The van der Waals surface area contributed by atoms with Gasteiger partial charge in [-0.1, -0.05) is 15.9 Å². The highest BCUT2D eigenvalue weighted by Crippen LogP contribution is 2.22. The van der Waals surface area contributed by atoms with Crippen LogP contribution in [0.25, 0.3) is 0 Å². The van der Waals surface area contributed by atoms with E-state index in [1.165, 1.54) is 6.07 Å². The minimum absolute atomic E-state index is 0.0471. The largest absolute Gasteiger partial charge is 0.478 e. The number of hydrogen-bond donors (Lipinski definition) is 3. The Morgan fingerprint density at radius 2 is 2.24 bits per heavy atom. The standard InChI is InChI=1S/C14H17BrN2O4/c1-8-9(4-5-21-8)7-16-14(20)17-12-6-10(15)2-3-11(12)13(18)19/h2-3,6,8-9H,4-5,7H2,1H3,(H,18,19)(H2,16,17,20). The summed E-state index contributed by atoms with van der Waals surface area (Å²) in [6.07, 6.45) is 1.05. The fourth-order valence-corrected chi connectivity index (χ4v) is 2.60. The molecule has 2 amide bonds. The van der Waals surface area contributed by atoms with Crippen LogP contribution < -0.4 is 10.6 Å². The number of amides is 2. The zero-order valence-corrected chi connectivity index (χ0v) is 13.1. The molecule has 1 heterocycles. The van der Waals surface area contributed by atoms with Crippen LogP contribution in [0.15, 0.2) is 22.7 Å². The zero-order valence-electron chi connectivity index (χ0n) is 11.6. The molecule has 6 nitrogen and oxygen atoms in total. The highest BCUT2D eigenvalue weighted by Gasteiger charge is 2.24. The van der Waals surface area contributed by atoms with Crippen molar-refractivity contribution in [2.75, 3.05) is 18.5 Å². The summed E-state index contributed by atoms with van der Waals surface area (Å²) in [7, 11) is 0. The van der Waals surface area contributed by atoms with E-state index in [2.05, 4.69) is 26.6 Å². The van der Waals surface area contributed by atoms with E-state index in [9.17, 15) is 9.59 Å². The lowest BCUT2D eigenvalue weighted by molar-refractivity contribution is 0.0698. The predicted molar refractivity (Wildman–Crippen MR) is 81.6 cm³/mol. The first-order valence-electron chi connectivity index (χ1n) is 6.66. The van der Waals surface area contributed by atoms with Crippen molar-refractivity contribution in [2.45, 2.75) is 19.4 Å². The number of carbonyl (C=O) groups is 2. The van der Waals surface area contributed by atoms with E-state index in [1.807, 2.05) is 6.92 Å². The first kappa shape index (κ1) is 15.8. The third kappa shape index (κ3) is 4.18. The Morgan fingerprint density at radius 3 is 2.86 bits per heavy atom. The number of rotatable bonds is 4. The van der Waals surface area contributed by atoms with Crippen LogP contribution in [-0.4, -0.2) is 36.4 Å². The van der Waals surface area contributed by atoms with Gasteiger partial charge in [0.2, 0.25) is 0 Å². The number of halogens is 1. The topological polar surface area (TPSA) is 87.7 Å². The Balaban J connectivity index is 1.96. The van der Waals surface area contributed by atoms with Crippen LogP contribution in [0.1, 0.15) is 23.7 Å². The van der Waals surface area contributed by atoms with Crippen molar-refractivity contribution < 1.29 is 19.4 Å². The van der Waals surface area contributed by atoms with Gasteiger partial charge in [0.15, 0.2) is 0 Å². The molecule has 0 saturated carbocycles. The summed E-state index contributed by atoms with van der Waals surface area (Å²) >= 11 is 3.25. The second-order valence-electron chi connectivity index (χ2n) is 4.95. The van der Waals surface area contributed by atoms with Gasteiger partial charge < -0.3 is 20.5 Å². The van der Waals surface area contributed by atoms with Crippen molar-refractivity contribution in [1.82, 2.24) is 5.32 Å². The highest BCUT2D eigenvalue weighted by molar-refractivity contribution is 9.10. The lowest BCUT2D eigenvalue weighted by Crippen LogP contribution is -2.35. The summed E-state index contributed by atoms with van der Waals surface area (Å²) in [6, 6.07) is 4.19. The molecule has 1 aromatic carbocycles. The quantitative estimate of drug-likeness (QED) is 0.773. The van der Waals surface area contributed by atoms with Gasteiger partial charge in [-0.15, -0.1) is 0 Å². The molecule has 0 bridgehead atoms. The lowest BCUT2D eigenvalue weighted by Gasteiger charge is -2.15. The van der Waals surface area contributed by atoms with Crippen LogP contribution in [0.4, 0.5) is 10.5 Å². The van der Waals surface area contributed by atoms with E-state index in [1.54, 1.807) is 12.1 Å². The number of urea groups is 1. The number of aromatic carboxylic acids is 1. The van der Waals surface area contributed by atoms with Crippen LogP contribution in [0, 0.1) is 5.92 Å². The van der Waals surface area contributed by atoms with Crippen molar-refractivity contribution in [2.24, 2.45) is 5.92 Å². The zero-order chi connectivity index (χ0) is 15.4. The molecule has 1 fully saturated rings. The number of benzene rings is 1. The Kier molecular flexibility index (Phi) is 5.19. The maximum Gasteiger partial charge on any atom is 0.337 e. The van der Waals surface area contributed by atoms with Crippen LogP contribution in [0.5, 0.6) is 0 Å². The van der Waals surface area contributed by atoms with Crippen molar-refractivity contribution in [3.05, 3.63) is 28.2 Å². The summed E-state index contributed by atoms with van der Waals surface area (Å²) in [4.78, 5) is 23.0. The molecule has 7 heteroatoms. The normalized spacial score (nSPS) is 21.0. The number of carboxylic acid groups (broad SMARTS) is 1. The molecule has 1 aliphatic rings. The van der Waals surface area contributed by atoms with Gasteiger partial charge in [0.25, 0.3) is 0 Å². The summed E-state index contributed by atoms with van der Waals surface area (Å²) in [6.45, 7) is 3.20. The Hall–Kier alpha value is -1.60. The van der Waals surface area contributed by atoms with Gasteiger partial charge >= 0.3 is 12.0 Å². The van der Waals surface area contributed by atoms with Gasteiger partial charge in [0.05, 0.1) is 17.4 Å². The molecule has 0 aliphatic carbocycles. The van der Waals surface area contributed by atoms with E-state index in [0.717, 1.165) is 6.42 Å². The number of ether oxygens (including phenoxy) is 1. The second kappa shape index (κ2) is 6.91. The number of carboxylic acids is 1. The number of carbonyl (C=O) groups excluding carboxylic acids is 1. The van der Waals surface area contributed by atoms with Gasteiger partial charge in [-0.05, 0) is 31.5 Å². The molecule has 2 rings (SSSR count). The first-order valence-corrected chi connectivity index (χ1v) is 7.46. The SMILES string of the molecule is CC1OCCC1CNC(=O)Nc1cc(Br)ccc1C(=O)O. The second-order valence-corrected chi connectivity index (χ2v) is 5.87. The van der Waals surface area contributed by atoms with Crippen molar-refractivity contribution in [3.8, 4) is 0 Å². The lowest BCUT2D eigenvalue weighted by atomic mass is 10.0. The molecule has 3 N–H and O–H groups in total. The minimum atomic E-state index is -1.09. The highest BCUT2D eigenvalue weighted by atomic mass is 79.9. The fraction of sp³-hybridized carbons (Fsp3) is 0.429. The summed E-state index contributed by atoms with van der Waals surface area (Å²) in [5, 5.41) is 14.4. The van der Waals surface area contributed by atoms with Crippen LogP contribution >= 0.6 is 15.9 Å². The average molecular weight is 357 g/mol. The maximum absolute atomic E-state index is 11.9. The molecule has 1 aromatic rings. The van der Waals surface area contributed by atoms with Crippen LogP contribution in [0.2, 0.25) is 0 Å². The Morgan fingerprint density at radius 1 is 1.48 bits per heavy atom.